The van der Waals surface area contributed by atoms with Crippen LogP contribution in [0.25, 0.3) is 0 Å². The van der Waals surface area contributed by atoms with Gasteiger partial charge in [-0.1, -0.05) is 81.8 Å². The van der Waals surface area contributed by atoms with Gasteiger partial charge in [-0.15, -0.1) is 11.6 Å². The molecule has 1 unspecified atom stereocenters. The summed E-state index contributed by atoms with van der Waals surface area (Å²) in [6.45, 7) is 4.25. The number of benzene rings is 2. The Bertz CT molecular complexity index is 871. The Morgan fingerprint density at radius 3 is 2.06 bits per heavy atom. The van der Waals surface area contributed by atoms with Gasteiger partial charge in [-0.3, -0.25) is 14.5 Å². The molecule has 2 aromatic carbocycles. The van der Waals surface area contributed by atoms with E-state index in [0.29, 0.717) is 29.0 Å². The number of halogens is 2. The minimum atomic E-state index is -0.713. The smallest absolute Gasteiger partial charge is 0.242 e. The van der Waals surface area contributed by atoms with E-state index in [9.17, 15) is 9.59 Å². The van der Waals surface area contributed by atoms with Gasteiger partial charge in [-0.25, -0.2) is 0 Å². The van der Waals surface area contributed by atoms with Crippen LogP contribution in [0.2, 0.25) is 5.02 Å². The average molecular weight is 460 g/mol. The number of carbonyl (C=O) groups is 2. The number of amides is 1. The van der Waals surface area contributed by atoms with Gasteiger partial charge in [0.25, 0.3) is 0 Å². The van der Waals surface area contributed by atoms with Gasteiger partial charge in [-0.05, 0) is 47.2 Å². The Morgan fingerprint density at radius 1 is 0.935 bits per heavy atom. The number of carbonyl (C=O) groups excluding carboxylic acids is 2. The van der Waals surface area contributed by atoms with Gasteiger partial charge in [0.05, 0.1) is 0 Å². The van der Waals surface area contributed by atoms with Crippen LogP contribution in [0.4, 0.5) is 5.69 Å². The zero-order valence-electron chi connectivity index (χ0n) is 18.3. The summed E-state index contributed by atoms with van der Waals surface area (Å²) in [5, 5.41) is 0.596. The SMILES string of the molecule is CC(C)c1ccc(N(C(=O)CCl)C(C(=O)CC2CCCCC2)c2ccc(Cl)cc2)cc1. The van der Waals surface area contributed by atoms with Crippen LogP contribution < -0.4 is 4.90 Å². The monoisotopic (exact) mass is 459 g/mol. The molecule has 0 N–H and O–H groups in total. The maximum absolute atomic E-state index is 13.6. The van der Waals surface area contributed by atoms with E-state index in [4.69, 9.17) is 23.2 Å². The highest BCUT2D eigenvalue weighted by molar-refractivity contribution is 6.30. The number of Topliss-reactive ketones (excluding diaryl/α,β-unsaturated/α-hetero) is 1. The highest BCUT2D eigenvalue weighted by atomic mass is 35.5. The molecular weight excluding hydrogens is 429 g/mol. The number of rotatable bonds is 8. The fraction of sp³-hybridized carbons (Fsp3) is 0.462. The second-order valence-corrected chi connectivity index (χ2v) is 9.48. The lowest BCUT2D eigenvalue weighted by molar-refractivity contribution is -0.125. The Kier molecular flexibility index (Phi) is 8.57. The van der Waals surface area contributed by atoms with E-state index in [-0.39, 0.29) is 17.6 Å². The first-order chi connectivity index (χ1) is 14.9. The van der Waals surface area contributed by atoms with Crippen LogP contribution in [-0.4, -0.2) is 17.6 Å². The minimum Gasteiger partial charge on any atom is -0.297 e. The molecule has 0 aliphatic heterocycles. The molecule has 0 heterocycles. The largest absolute Gasteiger partial charge is 0.297 e. The summed E-state index contributed by atoms with van der Waals surface area (Å²) < 4.78 is 0. The van der Waals surface area contributed by atoms with Crippen molar-refractivity contribution in [2.24, 2.45) is 5.92 Å². The van der Waals surface area contributed by atoms with Crippen molar-refractivity contribution < 1.29 is 9.59 Å². The summed E-state index contributed by atoms with van der Waals surface area (Å²) >= 11 is 12.1. The zero-order chi connectivity index (χ0) is 22.4. The summed E-state index contributed by atoms with van der Waals surface area (Å²) in [4.78, 5) is 28.2. The van der Waals surface area contributed by atoms with Crippen molar-refractivity contribution in [2.75, 3.05) is 10.8 Å². The molecule has 1 fully saturated rings. The first-order valence-electron chi connectivity index (χ1n) is 11.2. The summed E-state index contributed by atoms with van der Waals surface area (Å²) in [6, 6.07) is 14.3. The molecule has 3 nitrogen and oxygen atoms in total. The quantitative estimate of drug-likeness (QED) is 0.387. The molecule has 166 valence electrons. The number of alkyl halides is 1. The number of ketones is 1. The summed E-state index contributed by atoms with van der Waals surface area (Å²) in [6.07, 6.45) is 6.21. The van der Waals surface area contributed by atoms with Crippen LogP contribution in [0.1, 0.15) is 75.5 Å². The van der Waals surface area contributed by atoms with E-state index in [0.717, 1.165) is 18.4 Å². The van der Waals surface area contributed by atoms with Crippen LogP contribution in [0, 0.1) is 5.92 Å². The fourth-order valence-electron chi connectivity index (χ4n) is 4.43. The van der Waals surface area contributed by atoms with Gasteiger partial charge < -0.3 is 0 Å². The molecule has 1 aliphatic carbocycles. The Balaban J connectivity index is 2.00. The molecule has 0 spiro atoms. The molecule has 1 aliphatic rings. The molecule has 1 amide bonds. The number of nitrogens with zero attached hydrogens (tertiary/aromatic N) is 1. The normalized spacial score (nSPS) is 15.6. The number of hydrogen-bond acceptors (Lipinski definition) is 2. The Labute approximate surface area is 195 Å². The number of anilines is 1. The first kappa shape index (κ1) is 23.8. The first-order valence-corrected chi connectivity index (χ1v) is 12.1. The highest BCUT2D eigenvalue weighted by Gasteiger charge is 2.33. The van der Waals surface area contributed by atoms with E-state index in [1.165, 1.54) is 24.8 Å². The molecule has 0 bridgehead atoms. The van der Waals surface area contributed by atoms with E-state index >= 15 is 0 Å². The van der Waals surface area contributed by atoms with E-state index in [1.54, 1.807) is 17.0 Å². The second kappa shape index (κ2) is 11.2. The van der Waals surface area contributed by atoms with Crippen molar-refractivity contribution in [1.29, 1.82) is 0 Å². The second-order valence-electron chi connectivity index (χ2n) is 8.77. The van der Waals surface area contributed by atoms with Gasteiger partial charge in [0.1, 0.15) is 11.9 Å². The molecule has 3 rings (SSSR count). The molecule has 2 aromatic rings. The van der Waals surface area contributed by atoms with Gasteiger partial charge in [0.2, 0.25) is 5.91 Å². The number of hydrogen-bond donors (Lipinski definition) is 0. The van der Waals surface area contributed by atoms with E-state index in [2.05, 4.69) is 13.8 Å². The Morgan fingerprint density at radius 2 is 1.52 bits per heavy atom. The minimum absolute atomic E-state index is 0.0561. The lowest BCUT2D eigenvalue weighted by Crippen LogP contribution is -2.40. The summed E-state index contributed by atoms with van der Waals surface area (Å²) in [5.74, 6) is 0.349. The van der Waals surface area contributed by atoms with Crippen molar-refractivity contribution in [3.05, 3.63) is 64.7 Å². The highest BCUT2D eigenvalue weighted by Crippen LogP contribution is 2.34. The fourth-order valence-corrected chi connectivity index (χ4v) is 4.69. The maximum atomic E-state index is 13.6. The van der Waals surface area contributed by atoms with Crippen molar-refractivity contribution in [1.82, 2.24) is 0 Å². The molecule has 0 saturated heterocycles. The van der Waals surface area contributed by atoms with Crippen LogP contribution in [0.3, 0.4) is 0 Å². The summed E-state index contributed by atoms with van der Waals surface area (Å²) in [5.41, 5.74) is 2.63. The molecule has 1 atom stereocenters. The van der Waals surface area contributed by atoms with Gasteiger partial charge >= 0.3 is 0 Å². The molecule has 0 aromatic heterocycles. The van der Waals surface area contributed by atoms with E-state index < -0.39 is 6.04 Å². The third-order valence-corrected chi connectivity index (χ3v) is 6.67. The predicted octanol–water partition coefficient (Wildman–Crippen LogP) is 7.32. The van der Waals surface area contributed by atoms with Gasteiger partial charge in [0.15, 0.2) is 5.78 Å². The third-order valence-electron chi connectivity index (χ3n) is 6.18. The van der Waals surface area contributed by atoms with Crippen molar-refractivity contribution in [3.8, 4) is 0 Å². The average Bonchev–Trinajstić information content (AvgIpc) is 2.78. The lowest BCUT2D eigenvalue weighted by atomic mass is 9.83. The third kappa shape index (κ3) is 6.11. The van der Waals surface area contributed by atoms with Crippen molar-refractivity contribution in [3.63, 3.8) is 0 Å². The maximum Gasteiger partial charge on any atom is 0.242 e. The van der Waals surface area contributed by atoms with Gasteiger partial charge in [0, 0.05) is 17.1 Å². The summed E-state index contributed by atoms with van der Waals surface area (Å²) in [7, 11) is 0. The van der Waals surface area contributed by atoms with Gasteiger partial charge in [-0.2, -0.15) is 0 Å². The van der Waals surface area contributed by atoms with Crippen molar-refractivity contribution in [2.45, 2.75) is 64.3 Å². The standard InChI is InChI=1S/C26H31Cl2NO2/c1-18(2)20-10-14-23(15-11-20)29(25(31)17-27)26(21-8-12-22(28)13-9-21)24(30)16-19-6-4-3-5-7-19/h8-15,18-19,26H,3-7,16-17H2,1-2H3. The van der Waals surface area contributed by atoms with Crippen LogP contribution in [0.15, 0.2) is 48.5 Å². The van der Waals surface area contributed by atoms with Crippen molar-refractivity contribution >= 4 is 40.6 Å². The zero-order valence-corrected chi connectivity index (χ0v) is 19.8. The molecular formula is C26H31Cl2NO2. The lowest BCUT2D eigenvalue weighted by Gasteiger charge is -2.32. The van der Waals surface area contributed by atoms with Crippen LogP contribution >= 0.6 is 23.2 Å². The molecule has 31 heavy (non-hydrogen) atoms. The molecule has 0 radical (unpaired) electrons. The topological polar surface area (TPSA) is 37.4 Å². The predicted molar refractivity (Wildman–Crippen MR) is 129 cm³/mol. The van der Waals surface area contributed by atoms with Crippen LogP contribution in [-0.2, 0) is 9.59 Å². The van der Waals surface area contributed by atoms with Crippen LogP contribution in [0.5, 0.6) is 0 Å². The molecule has 5 heteroatoms. The van der Waals surface area contributed by atoms with E-state index in [1.807, 2.05) is 36.4 Å². The Hall–Kier alpha value is -1.84. The molecule has 1 saturated carbocycles.